The number of carbonyl (C=O) groups excluding carboxylic acids is 1. The van der Waals surface area contributed by atoms with Crippen molar-refractivity contribution in [2.75, 3.05) is 31.5 Å². The third-order valence-electron chi connectivity index (χ3n) is 6.01. The Bertz CT molecular complexity index is 983. The number of carbonyl (C=O) groups is 1. The second-order valence-corrected chi connectivity index (χ2v) is 9.36. The minimum Gasteiger partial charge on any atom is -0.338 e. The number of halogens is 1. The van der Waals surface area contributed by atoms with E-state index in [0.29, 0.717) is 12.5 Å². The number of hydrogen-bond acceptors (Lipinski definition) is 3. The molecule has 32 heavy (non-hydrogen) atoms. The van der Waals surface area contributed by atoms with Gasteiger partial charge >= 0.3 is 6.03 Å². The fourth-order valence-electron chi connectivity index (χ4n) is 4.24. The Labute approximate surface area is 193 Å². The lowest BCUT2D eigenvalue weighted by Crippen LogP contribution is -2.37. The van der Waals surface area contributed by atoms with E-state index in [1.54, 1.807) is 23.5 Å². The first kappa shape index (κ1) is 22.5. The van der Waals surface area contributed by atoms with E-state index >= 15 is 0 Å². The van der Waals surface area contributed by atoms with Gasteiger partial charge in [0.15, 0.2) is 0 Å². The van der Waals surface area contributed by atoms with Crippen LogP contribution in [0.2, 0.25) is 0 Å². The summed E-state index contributed by atoms with van der Waals surface area (Å²) in [5.41, 5.74) is 3.14. The Balaban J connectivity index is 1.11. The van der Waals surface area contributed by atoms with E-state index in [1.807, 2.05) is 36.4 Å². The van der Waals surface area contributed by atoms with E-state index in [2.05, 4.69) is 33.0 Å². The van der Waals surface area contributed by atoms with Crippen molar-refractivity contribution >= 4 is 23.1 Å². The lowest BCUT2D eigenvalue weighted by molar-refractivity contribution is 0.182. The molecule has 4 rings (SSSR count). The minimum atomic E-state index is -0.169. The van der Waals surface area contributed by atoms with Gasteiger partial charge in [0, 0.05) is 17.1 Å². The number of rotatable bonds is 8. The van der Waals surface area contributed by atoms with Crippen LogP contribution in [0.5, 0.6) is 0 Å². The molecule has 4 nitrogen and oxygen atoms in total. The standard InChI is InChI=1S/C26H30FN3OS/c27-23-9-7-20(8-10-23)18-21-11-15-30(16-12-21)14-3-13-28-26(31)29-24-5-1-4-22(19-24)25-6-2-17-32-25/h1-2,4-10,17,19,21H,3,11-16,18H2,(H2,28,29,31). The zero-order valence-corrected chi connectivity index (χ0v) is 19.0. The number of hydrogen-bond donors (Lipinski definition) is 2. The second kappa shape index (κ2) is 11.2. The lowest BCUT2D eigenvalue weighted by Gasteiger charge is -2.32. The van der Waals surface area contributed by atoms with Crippen LogP contribution >= 0.6 is 11.3 Å². The molecule has 1 saturated heterocycles. The van der Waals surface area contributed by atoms with Crippen LogP contribution in [0.25, 0.3) is 10.4 Å². The molecule has 0 spiro atoms. The van der Waals surface area contributed by atoms with Crippen LogP contribution in [0.4, 0.5) is 14.9 Å². The Hall–Kier alpha value is -2.70. The fourth-order valence-corrected chi connectivity index (χ4v) is 4.96. The van der Waals surface area contributed by atoms with Gasteiger partial charge in [-0.05, 0) is 98.1 Å². The number of amides is 2. The van der Waals surface area contributed by atoms with E-state index < -0.39 is 0 Å². The largest absolute Gasteiger partial charge is 0.338 e. The average Bonchev–Trinajstić information content (AvgIpc) is 3.35. The lowest BCUT2D eigenvalue weighted by atomic mass is 9.90. The summed E-state index contributed by atoms with van der Waals surface area (Å²) in [5.74, 6) is 0.503. The summed E-state index contributed by atoms with van der Waals surface area (Å²) in [6.45, 7) is 3.84. The van der Waals surface area contributed by atoms with Gasteiger partial charge in [0.05, 0.1) is 0 Å². The summed E-state index contributed by atoms with van der Waals surface area (Å²) >= 11 is 1.69. The molecule has 3 aromatic rings. The topological polar surface area (TPSA) is 44.4 Å². The van der Waals surface area contributed by atoms with Crippen LogP contribution in [0.1, 0.15) is 24.8 Å². The van der Waals surface area contributed by atoms with Crippen molar-refractivity contribution in [2.24, 2.45) is 5.92 Å². The second-order valence-electron chi connectivity index (χ2n) is 8.41. The molecule has 1 aliphatic heterocycles. The number of piperidine rings is 1. The highest BCUT2D eigenvalue weighted by molar-refractivity contribution is 7.13. The smallest absolute Gasteiger partial charge is 0.319 e. The molecule has 0 aliphatic carbocycles. The van der Waals surface area contributed by atoms with E-state index in [1.165, 1.54) is 23.3 Å². The molecule has 2 amide bonds. The first-order chi connectivity index (χ1) is 15.7. The molecular weight excluding hydrogens is 421 g/mol. The Morgan fingerprint density at radius 1 is 1.06 bits per heavy atom. The predicted octanol–water partition coefficient (Wildman–Crippen LogP) is 6.02. The van der Waals surface area contributed by atoms with Gasteiger partial charge in [-0.1, -0.05) is 30.3 Å². The van der Waals surface area contributed by atoms with Crippen LogP contribution in [-0.4, -0.2) is 37.1 Å². The normalized spacial score (nSPS) is 14.9. The van der Waals surface area contributed by atoms with E-state index in [9.17, 15) is 9.18 Å². The first-order valence-electron chi connectivity index (χ1n) is 11.3. The van der Waals surface area contributed by atoms with Crippen molar-refractivity contribution in [3.63, 3.8) is 0 Å². The molecular formula is C26H30FN3OS. The molecule has 0 atom stereocenters. The summed E-state index contributed by atoms with van der Waals surface area (Å²) in [7, 11) is 0. The van der Waals surface area contributed by atoms with Gasteiger partial charge in [-0.3, -0.25) is 0 Å². The van der Waals surface area contributed by atoms with Crippen molar-refractivity contribution < 1.29 is 9.18 Å². The maximum atomic E-state index is 13.1. The van der Waals surface area contributed by atoms with Crippen molar-refractivity contribution in [2.45, 2.75) is 25.7 Å². The zero-order valence-electron chi connectivity index (χ0n) is 18.2. The molecule has 2 heterocycles. The third kappa shape index (κ3) is 6.65. The number of anilines is 1. The zero-order chi connectivity index (χ0) is 22.2. The summed E-state index contributed by atoms with van der Waals surface area (Å²) in [5, 5.41) is 7.95. The van der Waals surface area contributed by atoms with Crippen LogP contribution in [-0.2, 0) is 6.42 Å². The highest BCUT2D eigenvalue weighted by Gasteiger charge is 2.19. The van der Waals surface area contributed by atoms with Gasteiger partial charge in [0.2, 0.25) is 0 Å². The molecule has 6 heteroatoms. The number of nitrogens with zero attached hydrogens (tertiary/aromatic N) is 1. The first-order valence-corrected chi connectivity index (χ1v) is 12.2. The van der Waals surface area contributed by atoms with Crippen molar-refractivity contribution in [3.8, 4) is 10.4 Å². The Morgan fingerprint density at radius 2 is 1.88 bits per heavy atom. The van der Waals surface area contributed by atoms with Crippen LogP contribution in [0.15, 0.2) is 66.0 Å². The summed E-state index contributed by atoms with van der Waals surface area (Å²) in [6.07, 6.45) is 4.31. The molecule has 168 valence electrons. The minimum absolute atomic E-state index is 0.161. The highest BCUT2D eigenvalue weighted by atomic mass is 32.1. The number of urea groups is 1. The fraction of sp³-hybridized carbons (Fsp3) is 0.346. The van der Waals surface area contributed by atoms with Gasteiger partial charge in [-0.15, -0.1) is 11.3 Å². The van der Waals surface area contributed by atoms with Crippen molar-refractivity contribution in [1.29, 1.82) is 0 Å². The summed E-state index contributed by atoms with van der Waals surface area (Å²) in [6, 6.07) is 18.8. The monoisotopic (exact) mass is 451 g/mol. The number of thiophene rings is 1. The van der Waals surface area contributed by atoms with Gasteiger partial charge in [-0.25, -0.2) is 9.18 Å². The molecule has 0 unspecified atom stereocenters. The van der Waals surface area contributed by atoms with Crippen LogP contribution in [0.3, 0.4) is 0 Å². The molecule has 0 bridgehead atoms. The maximum absolute atomic E-state index is 13.1. The Morgan fingerprint density at radius 3 is 2.62 bits per heavy atom. The molecule has 2 N–H and O–H groups in total. The summed E-state index contributed by atoms with van der Waals surface area (Å²) < 4.78 is 13.1. The highest BCUT2D eigenvalue weighted by Crippen LogP contribution is 2.26. The third-order valence-corrected chi connectivity index (χ3v) is 6.93. The Kier molecular flexibility index (Phi) is 7.91. The van der Waals surface area contributed by atoms with Crippen molar-refractivity contribution in [3.05, 3.63) is 77.4 Å². The quantitative estimate of drug-likeness (QED) is 0.411. The molecule has 1 fully saturated rings. The summed E-state index contributed by atoms with van der Waals surface area (Å²) in [4.78, 5) is 15.9. The van der Waals surface area contributed by atoms with Gasteiger partial charge in [-0.2, -0.15) is 0 Å². The molecule has 2 aromatic carbocycles. The molecule has 0 radical (unpaired) electrons. The number of benzene rings is 2. The van der Waals surface area contributed by atoms with Gasteiger partial charge in [0.1, 0.15) is 5.82 Å². The van der Waals surface area contributed by atoms with Gasteiger partial charge < -0.3 is 15.5 Å². The number of likely N-dealkylation sites (tertiary alicyclic amines) is 1. The van der Waals surface area contributed by atoms with Crippen LogP contribution < -0.4 is 10.6 Å². The maximum Gasteiger partial charge on any atom is 0.319 e. The molecule has 1 aliphatic rings. The van der Waals surface area contributed by atoms with Crippen LogP contribution in [0, 0.1) is 11.7 Å². The molecule has 0 saturated carbocycles. The predicted molar refractivity (Wildman–Crippen MR) is 131 cm³/mol. The van der Waals surface area contributed by atoms with E-state index in [4.69, 9.17) is 0 Å². The SMILES string of the molecule is O=C(NCCCN1CCC(Cc2ccc(F)cc2)CC1)Nc1cccc(-c2cccs2)c1. The van der Waals surface area contributed by atoms with E-state index in [-0.39, 0.29) is 11.8 Å². The average molecular weight is 452 g/mol. The van der Waals surface area contributed by atoms with E-state index in [0.717, 1.165) is 43.7 Å². The van der Waals surface area contributed by atoms with Crippen molar-refractivity contribution in [1.82, 2.24) is 10.2 Å². The van der Waals surface area contributed by atoms with Gasteiger partial charge in [0.25, 0.3) is 0 Å². The molecule has 1 aromatic heterocycles. The number of nitrogens with one attached hydrogen (secondary N) is 2.